The number of nitrogens with one attached hydrogen (secondary N) is 1. The number of piperidine rings is 1. The summed E-state index contributed by atoms with van der Waals surface area (Å²) in [6.45, 7) is 2.37. The van der Waals surface area contributed by atoms with E-state index < -0.39 is 29.4 Å². The Bertz CT molecular complexity index is 1100. The number of nitrogens with zero attached hydrogens (tertiary/aromatic N) is 3. The summed E-state index contributed by atoms with van der Waals surface area (Å²) in [5.74, 6) is -1.23. The Morgan fingerprint density at radius 1 is 1.23 bits per heavy atom. The average Bonchev–Trinajstić information content (AvgIpc) is 3.06. The normalized spacial score (nSPS) is 22.0. The highest BCUT2D eigenvalue weighted by Crippen LogP contribution is 2.27. The van der Waals surface area contributed by atoms with Crippen molar-refractivity contribution in [3.8, 4) is 11.4 Å². The minimum atomic E-state index is -0.863. The molecule has 2 fully saturated rings. The first-order valence-electron chi connectivity index (χ1n) is 10.0. The van der Waals surface area contributed by atoms with Crippen molar-refractivity contribution in [3.05, 3.63) is 51.9 Å². The lowest BCUT2D eigenvalue weighted by atomic mass is 10.0. The van der Waals surface area contributed by atoms with Gasteiger partial charge in [-0.15, -0.1) is 0 Å². The number of carbonyl (C=O) groups excluding carboxylic acids is 3. The number of aryl methyl sites for hydroxylation is 1. The van der Waals surface area contributed by atoms with Crippen LogP contribution in [0.25, 0.3) is 5.69 Å². The van der Waals surface area contributed by atoms with E-state index in [0.29, 0.717) is 18.7 Å². The van der Waals surface area contributed by atoms with E-state index in [1.807, 2.05) is 13.0 Å². The molecule has 0 radical (unpaired) electrons. The molecule has 9 nitrogen and oxygen atoms in total. The summed E-state index contributed by atoms with van der Waals surface area (Å²) >= 11 is 0.996. The molecule has 2 aromatic rings. The van der Waals surface area contributed by atoms with Crippen molar-refractivity contribution in [1.82, 2.24) is 20.0 Å². The highest BCUT2D eigenvalue weighted by Gasteiger charge is 2.42. The maximum atomic E-state index is 13.0. The van der Waals surface area contributed by atoms with Crippen molar-refractivity contribution in [2.45, 2.75) is 38.4 Å². The van der Waals surface area contributed by atoms with E-state index in [2.05, 4.69) is 10.4 Å². The van der Waals surface area contributed by atoms with E-state index in [-0.39, 0.29) is 22.3 Å². The lowest BCUT2D eigenvalue weighted by Gasteiger charge is -2.38. The molecule has 2 saturated heterocycles. The number of ketones is 1. The van der Waals surface area contributed by atoms with Crippen LogP contribution in [0.3, 0.4) is 0 Å². The lowest BCUT2D eigenvalue weighted by Crippen LogP contribution is -2.57. The van der Waals surface area contributed by atoms with Crippen LogP contribution in [0.2, 0.25) is 0 Å². The molecular weight excluding hydrogens is 420 g/mol. The number of aromatic hydroxyl groups is 1. The van der Waals surface area contributed by atoms with Crippen LogP contribution in [0.15, 0.2) is 35.1 Å². The van der Waals surface area contributed by atoms with Crippen LogP contribution in [0.1, 0.15) is 35.3 Å². The van der Waals surface area contributed by atoms with Crippen LogP contribution >= 0.6 is 11.8 Å². The predicted octanol–water partition coefficient (Wildman–Crippen LogP) is 0.999. The van der Waals surface area contributed by atoms with E-state index in [1.165, 1.54) is 0 Å². The van der Waals surface area contributed by atoms with Gasteiger partial charge in [0.2, 0.25) is 5.12 Å². The van der Waals surface area contributed by atoms with Gasteiger partial charge in [0.1, 0.15) is 6.04 Å². The summed E-state index contributed by atoms with van der Waals surface area (Å²) in [6.07, 6.45) is 1.66. The number of likely N-dealkylation sites (tertiary alicyclic amines) is 1. The second-order valence-electron chi connectivity index (χ2n) is 7.67. The minimum absolute atomic E-state index is 0.143. The van der Waals surface area contributed by atoms with E-state index in [0.717, 1.165) is 40.9 Å². The van der Waals surface area contributed by atoms with Crippen LogP contribution in [0.5, 0.6) is 5.75 Å². The van der Waals surface area contributed by atoms with Crippen molar-refractivity contribution in [1.29, 1.82) is 0 Å². The Hall–Kier alpha value is -2.98. The highest BCUT2D eigenvalue weighted by molar-refractivity contribution is 8.15. The van der Waals surface area contributed by atoms with Gasteiger partial charge < -0.3 is 10.4 Å². The second kappa shape index (κ2) is 8.64. The molecule has 162 valence electrons. The zero-order valence-corrected chi connectivity index (χ0v) is 17.7. The topological polar surface area (TPSA) is 122 Å². The fourth-order valence-electron chi connectivity index (χ4n) is 3.94. The van der Waals surface area contributed by atoms with Crippen molar-refractivity contribution in [2.75, 3.05) is 12.3 Å². The van der Waals surface area contributed by atoms with E-state index in [9.17, 15) is 24.3 Å². The molecule has 1 aromatic heterocycles. The van der Waals surface area contributed by atoms with Gasteiger partial charge >= 0.3 is 0 Å². The number of hydrogen-bond acceptors (Lipinski definition) is 8. The van der Waals surface area contributed by atoms with Gasteiger partial charge in [0.05, 0.1) is 17.6 Å². The van der Waals surface area contributed by atoms with Gasteiger partial charge in [-0.2, -0.15) is 9.78 Å². The maximum Gasteiger partial charge on any atom is 0.276 e. The SMILES string of the molecule is Cc1cccc(-n2nc(C(=O)NC3CCCCN3C3C(=O)CSC3=O)c(O)cc2=O)c1. The number of hydrogen-bond donors (Lipinski definition) is 2. The molecule has 1 aromatic carbocycles. The summed E-state index contributed by atoms with van der Waals surface area (Å²) in [5, 5.41) is 16.9. The third-order valence-corrected chi connectivity index (χ3v) is 6.37. The van der Waals surface area contributed by atoms with Crippen molar-refractivity contribution < 1.29 is 19.5 Å². The van der Waals surface area contributed by atoms with Gasteiger partial charge in [0, 0.05) is 12.6 Å². The number of thioether (sulfide) groups is 1. The van der Waals surface area contributed by atoms with E-state index in [1.54, 1.807) is 23.1 Å². The van der Waals surface area contributed by atoms with E-state index >= 15 is 0 Å². The molecule has 0 spiro atoms. The Morgan fingerprint density at radius 2 is 2.03 bits per heavy atom. The summed E-state index contributed by atoms with van der Waals surface area (Å²) in [4.78, 5) is 51.5. The molecule has 1 amide bonds. The number of carbonyl (C=O) groups is 3. The molecule has 0 bridgehead atoms. The predicted molar refractivity (Wildman–Crippen MR) is 114 cm³/mol. The Kier molecular flexibility index (Phi) is 5.92. The summed E-state index contributed by atoms with van der Waals surface area (Å²) in [5.41, 5.74) is 0.507. The zero-order valence-electron chi connectivity index (χ0n) is 16.9. The molecule has 0 saturated carbocycles. The van der Waals surface area contributed by atoms with Gasteiger partial charge in [-0.3, -0.25) is 24.1 Å². The quantitative estimate of drug-likeness (QED) is 0.673. The first-order valence-corrected chi connectivity index (χ1v) is 11.0. The first kappa shape index (κ1) is 21.3. The zero-order chi connectivity index (χ0) is 22.1. The third kappa shape index (κ3) is 4.26. The molecule has 3 heterocycles. The van der Waals surface area contributed by atoms with Crippen molar-refractivity contribution in [2.24, 2.45) is 0 Å². The molecule has 2 N–H and O–H groups in total. The standard InChI is InChI=1S/C21H22N4O5S/c1-12-5-4-6-13(9-12)25-17(28)10-14(26)18(23-25)20(29)22-16-7-2-3-8-24(16)19-15(27)11-31-21(19)30/h4-6,9-10,16,19,26H,2-3,7-8,11H2,1H3,(H,22,29). The first-order chi connectivity index (χ1) is 14.8. The Balaban J connectivity index is 1.62. The fraction of sp³-hybridized carbons (Fsp3) is 0.381. The van der Waals surface area contributed by atoms with Gasteiger partial charge in [-0.05, 0) is 43.9 Å². The number of Topliss-reactive ketones (excluding diaryl/α,β-unsaturated/α-hetero) is 1. The van der Waals surface area contributed by atoms with Crippen LogP contribution in [0, 0.1) is 6.92 Å². The second-order valence-corrected chi connectivity index (χ2v) is 8.65. The molecule has 2 aliphatic rings. The molecule has 4 rings (SSSR count). The lowest BCUT2D eigenvalue weighted by molar-refractivity contribution is -0.129. The number of rotatable bonds is 4. The van der Waals surface area contributed by atoms with Gasteiger partial charge in [-0.1, -0.05) is 23.9 Å². The Labute approximate surface area is 182 Å². The van der Waals surface area contributed by atoms with Gasteiger partial charge in [0.15, 0.2) is 17.2 Å². The van der Waals surface area contributed by atoms with Gasteiger partial charge in [-0.25, -0.2) is 0 Å². The van der Waals surface area contributed by atoms with Crippen LogP contribution in [0.4, 0.5) is 0 Å². The van der Waals surface area contributed by atoms with Crippen molar-refractivity contribution >= 4 is 28.6 Å². The smallest absolute Gasteiger partial charge is 0.276 e. The molecular formula is C21H22N4O5S. The van der Waals surface area contributed by atoms with Gasteiger partial charge in [0.25, 0.3) is 11.5 Å². The average molecular weight is 442 g/mol. The maximum absolute atomic E-state index is 13.0. The summed E-state index contributed by atoms with van der Waals surface area (Å²) < 4.78 is 1.06. The Morgan fingerprint density at radius 3 is 2.74 bits per heavy atom. The molecule has 0 aliphatic carbocycles. The van der Waals surface area contributed by atoms with Crippen LogP contribution < -0.4 is 10.9 Å². The largest absolute Gasteiger partial charge is 0.505 e. The summed E-state index contributed by atoms with van der Waals surface area (Å²) in [7, 11) is 0. The molecule has 10 heteroatoms. The monoisotopic (exact) mass is 442 g/mol. The van der Waals surface area contributed by atoms with Crippen molar-refractivity contribution in [3.63, 3.8) is 0 Å². The number of benzene rings is 1. The van der Waals surface area contributed by atoms with E-state index in [4.69, 9.17) is 0 Å². The van der Waals surface area contributed by atoms with Crippen LogP contribution in [-0.4, -0.2) is 61.1 Å². The third-order valence-electron chi connectivity index (χ3n) is 5.43. The molecule has 31 heavy (non-hydrogen) atoms. The summed E-state index contributed by atoms with van der Waals surface area (Å²) in [6, 6.07) is 7.13. The molecule has 2 aliphatic heterocycles. The number of aromatic nitrogens is 2. The minimum Gasteiger partial charge on any atom is -0.505 e. The molecule has 2 unspecified atom stereocenters. The van der Waals surface area contributed by atoms with Crippen LogP contribution in [-0.2, 0) is 9.59 Å². The fourth-order valence-corrected chi connectivity index (χ4v) is 4.81. The molecule has 2 atom stereocenters. The highest BCUT2D eigenvalue weighted by atomic mass is 32.2. The number of amides is 1.